The zero-order valence-electron chi connectivity index (χ0n) is 14.4. The first-order chi connectivity index (χ1) is 13.7. The summed E-state index contributed by atoms with van der Waals surface area (Å²) in [6, 6.07) is 8.94. The molecule has 142 valence electrons. The minimum Gasteiger partial charge on any atom is -0.395 e. The van der Waals surface area contributed by atoms with Crippen LogP contribution in [0.25, 0.3) is 20.8 Å². The number of fused-ring (bicyclic) bond motifs is 1. The summed E-state index contributed by atoms with van der Waals surface area (Å²) in [7, 11) is 0. The van der Waals surface area contributed by atoms with Gasteiger partial charge in [-0.1, -0.05) is 29.3 Å². The van der Waals surface area contributed by atoms with Crippen molar-refractivity contribution in [2.24, 2.45) is 0 Å². The number of hydrogen-bond donors (Lipinski definition) is 3. The quantitative estimate of drug-likeness (QED) is 0.409. The molecule has 0 radical (unpaired) electrons. The van der Waals surface area contributed by atoms with E-state index in [1.165, 1.54) is 17.7 Å². The molecular weight excluding hydrogens is 419 g/mol. The van der Waals surface area contributed by atoms with E-state index in [0.717, 1.165) is 15.2 Å². The number of nitrogens with one attached hydrogen (secondary N) is 2. The molecule has 4 rings (SSSR count). The molecule has 3 aromatic heterocycles. The first-order valence-electron chi connectivity index (χ1n) is 8.29. The summed E-state index contributed by atoms with van der Waals surface area (Å²) >= 11 is 14.1. The number of nitrogens with zero attached hydrogens (tertiary/aromatic N) is 4. The highest BCUT2D eigenvalue weighted by Crippen LogP contribution is 2.40. The first kappa shape index (κ1) is 18.8. The molecule has 0 saturated heterocycles. The van der Waals surface area contributed by atoms with Crippen LogP contribution in [0.4, 0.5) is 17.5 Å². The number of thiazole rings is 1. The standard InChI is InChI=1S/C18H14Cl2N6OS/c19-10-2-1-3-11(20)15(10)18-25-12-4-5-22-17(16(12)28-18)26-14-8-13(21-6-7-27)23-9-24-14/h1-5,8-9,27H,6-7H2,(H2,21,22,23,24,26). The van der Waals surface area contributed by atoms with E-state index in [1.807, 2.05) is 6.07 Å². The third-order valence-electron chi connectivity index (χ3n) is 3.81. The Kier molecular flexibility index (Phi) is 5.54. The smallest absolute Gasteiger partial charge is 0.151 e. The lowest BCUT2D eigenvalue weighted by Crippen LogP contribution is -2.07. The molecule has 0 aliphatic carbocycles. The molecule has 4 aromatic rings. The van der Waals surface area contributed by atoms with Crippen LogP contribution in [-0.4, -0.2) is 38.2 Å². The molecule has 1 aromatic carbocycles. The van der Waals surface area contributed by atoms with E-state index >= 15 is 0 Å². The van der Waals surface area contributed by atoms with E-state index in [-0.39, 0.29) is 6.61 Å². The molecule has 7 nitrogen and oxygen atoms in total. The largest absolute Gasteiger partial charge is 0.395 e. The van der Waals surface area contributed by atoms with Crippen LogP contribution in [0.1, 0.15) is 0 Å². The van der Waals surface area contributed by atoms with Crippen LogP contribution in [0.2, 0.25) is 10.0 Å². The van der Waals surface area contributed by atoms with Gasteiger partial charge in [0.05, 0.1) is 26.9 Å². The maximum Gasteiger partial charge on any atom is 0.151 e. The van der Waals surface area contributed by atoms with Gasteiger partial charge >= 0.3 is 0 Å². The fraction of sp³-hybridized carbons (Fsp3) is 0.111. The highest BCUT2D eigenvalue weighted by Gasteiger charge is 2.16. The minimum absolute atomic E-state index is 0.0157. The van der Waals surface area contributed by atoms with Crippen LogP contribution >= 0.6 is 34.5 Å². The van der Waals surface area contributed by atoms with Gasteiger partial charge in [-0.05, 0) is 18.2 Å². The van der Waals surface area contributed by atoms with E-state index in [1.54, 1.807) is 30.5 Å². The number of hydrogen-bond acceptors (Lipinski definition) is 8. The molecule has 0 aliphatic heterocycles. The summed E-state index contributed by atoms with van der Waals surface area (Å²) in [5.41, 5.74) is 1.48. The van der Waals surface area contributed by atoms with Crippen molar-refractivity contribution in [1.82, 2.24) is 19.9 Å². The monoisotopic (exact) mass is 432 g/mol. The summed E-state index contributed by atoms with van der Waals surface area (Å²) in [5.74, 6) is 1.80. The normalized spacial score (nSPS) is 11.0. The maximum absolute atomic E-state index is 8.93. The summed E-state index contributed by atoms with van der Waals surface area (Å²) in [5, 5.41) is 16.9. The van der Waals surface area contributed by atoms with Gasteiger partial charge in [0.15, 0.2) is 5.82 Å². The molecule has 0 amide bonds. The predicted octanol–water partition coefficient (Wildman–Crippen LogP) is 4.60. The van der Waals surface area contributed by atoms with Crippen molar-refractivity contribution in [2.45, 2.75) is 0 Å². The molecule has 0 unspecified atom stereocenters. The zero-order chi connectivity index (χ0) is 19.5. The van der Waals surface area contributed by atoms with Crippen molar-refractivity contribution in [3.63, 3.8) is 0 Å². The average Bonchev–Trinajstić information content (AvgIpc) is 3.11. The second kappa shape index (κ2) is 8.24. The van der Waals surface area contributed by atoms with Crippen LogP contribution < -0.4 is 10.6 Å². The Labute approximate surface area is 174 Å². The fourth-order valence-electron chi connectivity index (χ4n) is 2.58. The Morgan fingerprint density at radius 3 is 2.61 bits per heavy atom. The molecule has 3 heterocycles. The topological polar surface area (TPSA) is 95.8 Å². The van der Waals surface area contributed by atoms with E-state index < -0.39 is 0 Å². The highest BCUT2D eigenvalue weighted by atomic mass is 35.5. The second-order valence-corrected chi connectivity index (χ2v) is 7.50. The molecule has 10 heteroatoms. The lowest BCUT2D eigenvalue weighted by atomic mass is 10.2. The highest BCUT2D eigenvalue weighted by molar-refractivity contribution is 7.22. The average molecular weight is 433 g/mol. The molecular formula is C18H14Cl2N6OS. The number of aliphatic hydroxyl groups is 1. The SMILES string of the molecule is OCCNc1cc(Nc2nccc3nc(-c4c(Cl)cccc4Cl)sc23)ncn1. The number of anilines is 3. The predicted molar refractivity (Wildman–Crippen MR) is 114 cm³/mol. The summed E-state index contributed by atoms with van der Waals surface area (Å²) in [6.07, 6.45) is 3.11. The Morgan fingerprint density at radius 2 is 1.82 bits per heavy atom. The third-order valence-corrected chi connectivity index (χ3v) is 5.54. The molecule has 0 saturated carbocycles. The van der Waals surface area contributed by atoms with Crippen molar-refractivity contribution in [2.75, 3.05) is 23.8 Å². The number of halogens is 2. The van der Waals surface area contributed by atoms with Gasteiger partial charge in [0.25, 0.3) is 0 Å². The van der Waals surface area contributed by atoms with Gasteiger partial charge in [-0.15, -0.1) is 11.3 Å². The van der Waals surface area contributed by atoms with Gasteiger partial charge in [-0.2, -0.15) is 0 Å². The number of aliphatic hydroxyl groups excluding tert-OH is 1. The van der Waals surface area contributed by atoms with Crippen LogP contribution in [0.15, 0.2) is 42.9 Å². The molecule has 3 N–H and O–H groups in total. The number of aromatic nitrogens is 4. The first-order valence-corrected chi connectivity index (χ1v) is 9.86. The van der Waals surface area contributed by atoms with E-state index in [4.69, 9.17) is 28.3 Å². The van der Waals surface area contributed by atoms with Crippen molar-refractivity contribution in [3.05, 3.63) is 52.9 Å². The summed E-state index contributed by atoms with van der Waals surface area (Å²) in [6.45, 7) is 0.420. The van der Waals surface area contributed by atoms with Crippen LogP contribution in [0.3, 0.4) is 0 Å². The van der Waals surface area contributed by atoms with E-state index in [0.29, 0.717) is 39.6 Å². The van der Waals surface area contributed by atoms with Crippen LogP contribution in [0.5, 0.6) is 0 Å². The van der Waals surface area contributed by atoms with Crippen LogP contribution in [-0.2, 0) is 0 Å². The maximum atomic E-state index is 8.93. The molecule has 0 spiro atoms. The van der Waals surface area contributed by atoms with Crippen molar-refractivity contribution >= 4 is 62.2 Å². The molecule has 0 atom stereocenters. The Balaban J connectivity index is 1.70. The number of rotatable bonds is 6. The van der Waals surface area contributed by atoms with Gasteiger partial charge in [0.2, 0.25) is 0 Å². The van der Waals surface area contributed by atoms with E-state index in [9.17, 15) is 0 Å². The van der Waals surface area contributed by atoms with E-state index in [2.05, 4.69) is 30.6 Å². The van der Waals surface area contributed by atoms with Crippen molar-refractivity contribution in [3.8, 4) is 10.6 Å². The molecule has 0 fully saturated rings. The lowest BCUT2D eigenvalue weighted by molar-refractivity contribution is 0.311. The Hall–Kier alpha value is -2.52. The minimum atomic E-state index is 0.0157. The number of benzene rings is 1. The lowest BCUT2D eigenvalue weighted by Gasteiger charge is -2.07. The molecule has 0 aliphatic rings. The third kappa shape index (κ3) is 3.85. The van der Waals surface area contributed by atoms with Crippen LogP contribution in [0, 0.1) is 0 Å². The summed E-state index contributed by atoms with van der Waals surface area (Å²) in [4.78, 5) is 17.4. The van der Waals surface area contributed by atoms with Crippen molar-refractivity contribution in [1.29, 1.82) is 0 Å². The molecule has 0 bridgehead atoms. The van der Waals surface area contributed by atoms with Gasteiger partial charge in [0, 0.05) is 24.4 Å². The Bertz CT molecular complexity index is 1120. The summed E-state index contributed by atoms with van der Waals surface area (Å²) < 4.78 is 0.858. The molecule has 28 heavy (non-hydrogen) atoms. The number of pyridine rings is 1. The van der Waals surface area contributed by atoms with Gasteiger partial charge in [-0.3, -0.25) is 0 Å². The fourth-order valence-corrected chi connectivity index (χ4v) is 4.35. The second-order valence-electron chi connectivity index (χ2n) is 5.69. The Morgan fingerprint density at radius 1 is 1.04 bits per heavy atom. The van der Waals surface area contributed by atoms with Gasteiger partial charge in [-0.25, -0.2) is 19.9 Å². The van der Waals surface area contributed by atoms with Gasteiger partial charge in [0.1, 0.15) is 23.0 Å². The zero-order valence-corrected chi connectivity index (χ0v) is 16.7. The van der Waals surface area contributed by atoms with Gasteiger partial charge < -0.3 is 15.7 Å². The van der Waals surface area contributed by atoms with Crippen molar-refractivity contribution < 1.29 is 5.11 Å².